The number of allylic oxidation sites excluding steroid dienone is 1. The number of urea groups is 1. The number of amides is 2. The minimum atomic E-state index is -0.403. The predicted molar refractivity (Wildman–Crippen MR) is 138 cm³/mol. The molecular formula is C23H29BrClN5O2. The Kier molecular flexibility index (Phi) is 10.0. The van der Waals surface area contributed by atoms with Crippen LogP contribution in [0.1, 0.15) is 18.9 Å². The van der Waals surface area contributed by atoms with E-state index in [0.29, 0.717) is 28.8 Å². The maximum absolute atomic E-state index is 12.5. The number of benzene rings is 2. The van der Waals surface area contributed by atoms with Crippen molar-refractivity contribution in [3.63, 3.8) is 0 Å². The highest BCUT2D eigenvalue weighted by atomic mass is 79.9. The standard InChI is InChI=1S/C23H29BrClN5O2/c1-16(24)22(30(5)26-2)18-15-17(11-12-21(18)32-14-8-13-29(3)4)27-23(31)28-20-10-7-6-9-19(20)25/h6-7,9-12,15H,2,8,13-14H2,1,3-5H3,(H2,27,28,31)/b22-16+. The first-order valence-corrected chi connectivity index (χ1v) is 11.2. The lowest BCUT2D eigenvalue weighted by Crippen LogP contribution is -2.20. The number of carbonyl (C=O) groups is 1. The molecule has 0 bridgehead atoms. The number of anilines is 2. The zero-order chi connectivity index (χ0) is 23.7. The highest BCUT2D eigenvalue weighted by molar-refractivity contribution is 9.11. The fraction of sp³-hybridized carbons (Fsp3) is 0.304. The van der Waals surface area contributed by atoms with Crippen molar-refractivity contribution in [3.05, 3.63) is 57.5 Å². The van der Waals surface area contributed by atoms with E-state index in [1.165, 1.54) is 0 Å². The second kappa shape index (κ2) is 12.5. The number of nitrogens with zero attached hydrogens (tertiary/aromatic N) is 3. The minimum Gasteiger partial charge on any atom is -0.493 e. The topological polar surface area (TPSA) is 69.2 Å². The quantitative estimate of drug-likeness (QED) is 0.230. The van der Waals surface area contributed by atoms with Gasteiger partial charge in [0.05, 0.1) is 23.0 Å². The number of para-hydroxylation sites is 1. The molecule has 0 unspecified atom stereocenters. The lowest BCUT2D eigenvalue weighted by Gasteiger charge is -2.22. The zero-order valence-corrected chi connectivity index (χ0v) is 21.1. The van der Waals surface area contributed by atoms with Crippen molar-refractivity contribution in [2.24, 2.45) is 5.10 Å². The number of rotatable bonds is 10. The Balaban J connectivity index is 2.29. The molecule has 0 aromatic heterocycles. The fourth-order valence-electron chi connectivity index (χ4n) is 2.98. The van der Waals surface area contributed by atoms with Crippen LogP contribution in [0.15, 0.2) is 52.0 Å². The highest BCUT2D eigenvalue weighted by Gasteiger charge is 2.17. The Morgan fingerprint density at radius 1 is 1.19 bits per heavy atom. The average Bonchev–Trinajstić information content (AvgIpc) is 2.73. The molecule has 2 aromatic rings. The van der Waals surface area contributed by atoms with Gasteiger partial charge < -0.3 is 20.3 Å². The highest BCUT2D eigenvalue weighted by Crippen LogP contribution is 2.35. The average molecular weight is 523 g/mol. The van der Waals surface area contributed by atoms with Crippen LogP contribution in [0.25, 0.3) is 5.70 Å². The lowest BCUT2D eigenvalue weighted by molar-refractivity contribution is 0.262. The van der Waals surface area contributed by atoms with Crippen LogP contribution in [0.4, 0.5) is 16.2 Å². The molecule has 9 heteroatoms. The number of hydrazone groups is 1. The summed E-state index contributed by atoms with van der Waals surface area (Å²) in [5.41, 5.74) is 2.67. The van der Waals surface area contributed by atoms with Crippen molar-refractivity contribution in [2.75, 3.05) is 44.9 Å². The molecule has 0 spiro atoms. The largest absolute Gasteiger partial charge is 0.493 e. The van der Waals surface area contributed by atoms with Gasteiger partial charge in [-0.2, -0.15) is 5.10 Å². The van der Waals surface area contributed by atoms with Crippen LogP contribution in [0.3, 0.4) is 0 Å². The third-order valence-electron chi connectivity index (χ3n) is 4.48. The number of halogens is 2. The van der Waals surface area contributed by atoms with Gasteiger partial charge in [-0.1, -0.05) is 39.7 Å². The Morgan fingerprint density at radius 2 is 1.91 bits per heavy atom. The van der Waals surface area contributed by atoms with Gasteiger partial charge >= 0.3 is 6.03 Å². The normalized spacial score (nSPS) is 11.6. The summed E-state index contributed by atoms with van der Waals surface area (Å²) in [6.07, 6.45) is 0.884. The number of hydrogen-bond acceptors (Lipinski definition) is 5. The van der Waals surface area contributed by atoms with Gasteiger partial charge in [-0.05, 0) is 57.8 Å². The molecule has 0 aliphatic rings. The monoisotopic (exact) mass is 521 g/mol. The van der Waals surface area contributed by atoms with Crippen molar-refractivity contribution in [3.8, 4) is 5.75 Å². The second-order valence-electron chi connectivity index (χ2n) is 7.32. The predicted octanol–water partition coefficient (Wildman–Crippen LogP) is 5.95. The van der Waals surface area contributed by atoms with Crippen LogP contribution < -0.4 is 15.4 Å². The molecule has 0 fully saturated rings. The molecule has 0 atom stereocenters. The molecule has 2 rings (SSSR count). The fourth-order valence-corrected chi connectivity index (χ4v) is 3.64. The van der Waals surface area contributed by atoms with E-state index in [9.17, 15) is 4.79 Å². The molecule has 7 nitrogen and oxygen atoms in total. The van der Waals surface area contributed by atoms with Gasteiger partial charge in [-0.3, -0.25) is 5.01 Å². The van der Waals surface area contributed by atoms with E-state index in [1.54, 1.807) is 42.4 Å². The molecule has 172 valence electrons. The first kappa shape index (κ1) is 25.7. The number of ether oxygens (including phenoxy) is 1. The number of nitrogens with one attached hydrogen (secondary N) is 2. The summed E-state index contributed by atoms with van der Waals surface area (Å²) in [6, 6.07) is 12.1. The summed E-state index contributed by atoms with van der Waals surface area (Å²) < 4.78 is 6.92. The van der Waals surface area contributed by atoms with Gasteiger partial charge in [0, 0.05) is 36.0 Å². The van der Waals surface area contributed by atoms with Gasteiger partial charge in [0.2, 0.25) is 0 Å². The minimum absolute atomic E-state index is 0.403. The van der Waals surface area contributed by atoms with E-state index in [4.69, 9.17) is 16.3 Å². The van der Waals surface area contributed by atoms with E-state index < -0.39 is 6.03 Å². The maximum Gasteiger partial charge on any atom is 0.323 e. The zero-order valence-electron chi connectivity index (χ0n) is 18.8. The summed E-state index contributed by atoms with van der Waals surface area (Å²) in [5.74, 6) is 0.685. The van der Waals surface area contributed by atoms with Crippen LogP contribution in [-0.4, -0.2) is 57.0 Å². The molecule has 0 radical (unpaired) electrons. The second-order valence-corrected chi connectivity index (χ2v) is 8.92. The summed E-state index contributed by atoms with van der Waals surface area (Å²) in [5, 5.41) is 11.7. The lowest BCUT2D eigenvalue weighted by atomic mass is 10.1. The van der Waals surface area contributed by atoms with Crippen LogP contribution in [0.5, 0.6) is 5.75 Å². The summed E-state index contributed by atoms with van der Waals surface area (Å²) in [7, 11) is 5.85. The number of hydrogen-bond donors (Lipinski definition) is 2. The molecule has 0 heterocycles. The summed E-state index contributed by atoms with van der Waals surface area (Å²) >= 11 is 9.68. The van der Waals surface area contributed by atoms with E-state index in [1.807, 2.05) is 33.2 Å². The molecule has 0 saturated carbocycles. The van der Waals surface area contributed by atoms with Crippen molar-refractivity contribution in [2.45, 2.75) is 13.3 Å². The van der Waals surface area contributed by atoms with Crippen LogP contribution in [0.2, 0.25) is 5.02 Å². The van der Waals surface area contributed by atoms with Gasteiger partial charge in [0.1, 0.15) is 5.75 Å². The molecule has 2 aromatic carbocycles. The molecule has 32 heavy (non-hydrogen) atoms. The first-order chi connectivity index (χ1) is 15.2. The maximum atomic E-state index is 12.5. The van der Waals surface area contributed by atoms with Crippen molar-refractivity contribution < 1.29 is 9.53 Å². The van der Waals surface area contributed by atoms with Crippen LogP contribution in [0, 0.1) is 0 Å². The molecular weight excluding hydrogens is 494 g/mol. The summed E-state index contributed by atoms with van der Waals surface area (Å²) in [4.78, 5) is 14.6. The van der Waals surface area contributed by atoms with E-state index >= 15 is 0 Å². The van der Waals surface area contributed by atoms with E-state index in [0.717, 1.165) is 28.7 Å². The Morgan fingerprint density at radius 3 is 2.53 bits per heavy atom. The first-order valence-electron chi connectivity index (χ1n) is 10.0. The van der Waals surface area contributed by atoms with E-state index in [-0.39, 0.29) is 0 Å². The van der Waals surface area contributed by atoms with Crippen LogP contribution >= 0.6 is 27.5 Å². The molecule has 2 amide bonds. The Labute approximate surface area is 203 Å². The molecule has 0 aliphatic heterocycles. The van der Waals surface area contributed by atoms with Crippen molar-refractivity contribution >= 4 is 57.4 Å². The number of carbonyl (C=O) groups excluding carboxylic acids is 1. The van der Waals surface area contributed by atoms with Gasteiger partial charge in [-0.15, -0.1) is 0 Å². The van der Waals surface area contributed by atoms with Crippen LogP contribution in [-0.2, 0) is 0 Å². The third-order valence-corrected chi connectivity index (χ3v) is 5.19. The molecule has 0 aliphatic carbocycles. The molecule has 2 N–H and O–H groups in total. The molecule has 0 saturated heterocycles. The van der Waals surface area contributed by atoms with Crippen molar-refractivity contribution in [1.82, 2.24) is 9.91 Å². The Hall–Kier alpha value is -2.55. The smallest absolute Gasteiger partial charge is 0.323 e. The third kappa shape index (κ3) is 7.55. The van der Waals surface area contributed by atoms with E-state index in [2.05, 4.69) is 43.3 Å². The van der Waals surface area contributed by atoms with Gasteiger partial charge in [0.15, 0.2) is 0 Å². The SMILES string of the molecule is C=NN(C)/C(=C(\C)Br)c1cc(NC(=O)Nc2ccccc2Cl)ccc1OCCCN(C)C. The Bertz CT molecular complexity index is 977. The van der Waals surface area contributed by atoms with Gasteiger partial charge in [-0.25, -0.2) is 4.79 Å². The van der Waals surface area contributed by atoms with Gasteiger partial charge in [0.25, 0.3) is 0 Å². The summed E-state index contributed by atoms with van der Waals surface area (Å²) in [6.45, 7) is 7.02. The van der Waals surface area contributed by atoms with Crippen molar-refractivity contribution in [1.29, 1.82) is 0 Å².